The van der Waals surface area contributed by atoms with Gasteiger partial charge in [0.15, 0.2) is 0 Å². The molecule has 0 amide bonds. The van der Waals surface area contributed by atoms with Crippen molar-refractivity contribution in [1.82, 2.24) is 4.90 Å². The molecule has 4 fully saturated rings. The summed E-state index contributed by atoms with van der Waals surface area (Å²) in [6.45, 7) is 10.4. The third-order valence-electron chi connectivity index (χ3n) is 8.20. The zero-order chi connectivity index (χ0) is 22.5. The van der Waals surface area contributed by atoms with Crippen LogP contribution in [0.4, 0.5) is 0 Å². The van der Waals surface area contributed by atoms with E-state index in [1.54, 1.807) is 0 Å². The molecule has 0 aromatic carbocycles. The smallest absolute Gasteiger partial charge is 0.320 e. The number of hydrogen-bond donors (Lipinski definition) is 0. The number of ether oxygens (including phenoxy) is 3. The maximum absolute atomic E-state index is 13.3. The molecule has 4 rings (SSSR count). The molecule has 6 unspecified atom stereocenters. The summed E-state index contributed by atoms with van der Waals surface area (Å²) in [5.74, 6) is -2.23. The summed E-state index contributed by atoms with van der Waals surface area (Å²) < 4.78 is 17.6. The molecular weight excluding hydrogens is 398 g/mol. The number of esters is 3. The predicted molar refractivity (Wildman–Crippen MR) is 113 cm³/mol. The molecule has 0 spiro atoms. The van der Waals surface area contributed by atoms with Gasteiger partial charge < -0.3 is 14.2 Å². The number of rotatable bonds is 8. The molecule has 1 saturated heterocycles. The largest absolute Gasteiger partial charge is 0.459 e. The van der Waals surface area contributed by atoms with Crippen LogP contribution >= 0.6 is 0 Å². The Hall–Kier alpha value is -1.63. The van der Waals surface area contributed by atoms with Crippen molar-refractivity contribution in [3.05, 3.63) is 0 Å². The second-order valence-electron chi connectivity index (χ2n) is 10.5. The number of hydrogen-bond acceptors (Lipinski definition) is 7. The van der Waals surface area contributed by atoms with E-state index in [1.165, 1.54) is 0 Å². The minimum Gasteiger partial charge on any atom is -0.459 e. The van der Waals surface area contributed by atoms with Gasteiger partial charge in [-0.2, -0.15) is 0 Å². The van der Waals surface area contributed by atoms with E-state index >= 15 is 0 Å². The van der Waals surface area contributed by atoms with Gasteiger partial charge in [0.1, 0.15) is 17.8 Å². The van der Waals surface area contributed by atoms with Crippen molar-refractivity contribution in [1.29, 1.82) is 0 Å². The Labute approximate surface area is 185 Å². The first-order valence-electron chi connectivity index (χ1n) is 12.1. The first-order valence-corrected chi connectivity index (χ1v) is 12.1. The Morgan fingerprint density at radius 3 is 2.35 bits per heavy atom. The van der Waals surface area contributed by atoms with Crippen molar-refractivity contribution >= 4 is 17.9 Å². The molecule has 7 nitrogen and oxygen atoms in total. The lowest BCUT2D eigenvalue weighted by molar-refractivity contribution is -0.175. The highest BCUT2D eigenvalue weighted by Gasteiger charge is 2.70. The van der Waals surface area contributed by atoms with E-state index in [0.717, 1.165) is 32.1 Å². The average Bonchev–Trinajstić information content (AvgIpc) is 3.43. The van der Waals surface area contributed by atoms with Gasteiger partial charge >= 0.3 is 17.9 Å². The molecule has 1 heterocycles. The van der Waals surface area contributed by atoms with E-state index in [0.29, 0.717) is 6.42 Å². The summed E-state index contributed by atoms with van der Waals surface area (Å²) in [5, 5.41) is 0. The normalized spacial score (nSPS) is 35.3. The second kappa shape index (κ2) is 8.38. The van der Waals surface area contributed by atoms with Gasteiger partial charge in [-0.3, -0.25) is 19.3 Å². The standard InChI is InChI=1S/C24H37NO6/c1-6-24(9-7-8-10-24)31-23(28)19-16-11-15-18(19)22(27)30-21(15)20(16)29-17(26)12-25(13(2)3)14(4)5/h13-16,18-21H,6-12H2,1-5H3. The van der Waals surface area contributed by atoms with Crippen LogP contribution in [0.2, 0.25) is 0 Å². The summed E-state index contributed by atoms with van der Waals surface area (Å²) in [5.41, 5.74) is -0.401. The molecule has 2 bridgehead atoms. The molecule has 174 valence electrons. The molecule has 0 aromatic heterocycles. The second-order valence-corrected chi connectivity index (χ2v) is 10.5. The third-order valence-corrected chi connectivity index (χ3v) is 8.20. The molecule has 6 atom stereocenters. The summed E-state index contributed by atoms with van der Waals surface area (Å²) >= 11 is 0. The van der Waals surface area contributed by atoms with E-state index in [1.807, 2.05) is 27.7 Å². The Kier molecular flexibility index (Phi) is 6.10. The van der Waals surface area contributed by atoms with Crippen LogP contribution in [0, 0.1) is 23.7 Å². The van der Waals surface area contributed by atoms with Gasteiger partial charge in [0.05, 0.1) is 18.4 Å². The van der Waals surface area contributed by atoms with Gasteiger partial charge in [0.25, 0.3) is 0 Å². The maximum atomic E-state index is 13.3. The summed E-state index contributed by atoms with van der Waals surface area (Å²) in [4.78, 5) is 40.7. The van der Waals surface area contributed by atoms with Gasteiger partial charge in [-0.15, -0.1) is 0 Å². The van der Waals surface area contributed by atoms with Crippen LogP contribution in [0.5, 0.6) is 0 Å². The Morgan fingerprint density at radius 1 is 1.13 bits per heavy atom. The van der Waals surface area contributed by atoms with Gasteiger partial charge in [0, 0.05) is 23.9 Å². The fourth-order valence-corrected chi connectivity index (χ4v) is 6.60. The highest BCUT2D eigenvalue weighted by Crippen LogP contribution is 2.59. The predicted octanol–water partition coefficient (Wildman–Crippen LogP) is 3.09. The van der Waals surface area contributed by atoms with Crippen LogP contribution in [0.3, 0.4) is 0 Å². The van der Waals surface area contributed by atoms with E-state index in [-0.39, 0.29) is 48.4 Å². The molecule has 0 aromatic rings. The summed E-state index contributed by atoms with van der Waals surface area (Å²) in [6, 6.07) is 0.418. The summed E-state index contributed by atoms with van der Waals surface area (Å²) in [7, 11) is 0. The van der Waals surface area contributed by atoms with Crippen molar-refractivity contribution in [3.63, 3.8) is 0 Å². The Balaban J connectivity index is 1.48. The SMILES string of the molecule is CCC1(OC(=O)C2C3CC4C(OC(=O)C42)C3OC(=O)CN(C(C)C)C(C)C)CCCC1. The lowest BCUT2D eigenvalue weighted by atomic mass is 9.78. The number of nitrogens with zero attached hydrogens (tertiary/aromatic N) is 1. The molecule has 0 N–H and O–H groups in total. The van der Waals surface area contributed by atoms with Gasteiger partial charge in [-0.05, 0) is 66.2 Å². The summed E-state index contributed by atoms with van der Waals surface area (Å²) in [6.07, 6.45) is 4.38. The monoisotopic (exact) mass is 435 g/mol. The molecular formula is C24H37NO6. The van der Waals surface area contributed by atoms with Crippen molar-refractivity contribution in [3.8, 4) is 0 Å². The first-order chi connectivity index (χ1) is 14.7. The fraction of sp³-hybridized carbons (Fsp3) is 0.875. The molecule has 4 aliphatic rings. The van der Waals surface area contributed by atoms with Crippen LogP contribution in [0.1, 0.15) is 73.1 Å². The van der Waals surface area contributed by atoms with Crippen LogP contribution in [0.15, 0.2) is 0 Å². The van der Waals surface area contributed by atoms with Crippen molar-refractivity contribution < 1.29 is 28.6 Å². The zero-order valence-corrected chi connectivity index (χ0v) is 19.5. The highest BCUT2D eigenvalue weighted by atomic mass is 16.6. The van der Waals surface area contributed by atoms with Crippen LogP contribution in [-0.2, 0) is 28.6 Å². The maximum Gasteiger partial charge on any atom is 0.320 e. The minimum atomic E-state index is -0.565. The fourth-order valence-electron chi connectivity index (χ4n) is 6.60. The molecule has 0 radical (unpaired) electrons. The zero-order valence-electron chi connectivity index (χ0n) is 19.5. The van der Waals surface area contributed by atoms with Gasteiger partial charge in [-0.1, -0.05) is 6.92 Å². The minimum absolute atomic E-state index is 0.0553. The first kappa shape index (κ1) is 22.6. The Bertz CT molecular complexity index is 720. The van der Waals surface area contributed by atoms with Gasteiger partial charge in [-0.25, -0.2) is 0 Å². The highest BCUT2D eigenvalue weighted by molar-refractivity contribution is 5.86. The van der Waals surface area contributed by atoms with Crippen molar-refractivity contribution in [2.75, 3.05) is 6.54 Å². The number of carbonyl (C=O) groups excluding carboxylic acids is 3. The van der Waals surface area contributed by atoms with Gasteiger partial charge in [0.2, 0.25) is 0 Å². The van der Waals surface area contributed by atoms with E-state index < -0.39 is 29.6 Å². The van der Waals surface area contributed by atoms with Crippen LogP contribution in [-0.4, -0.2) is 59.2 Å². The van der Waals surface area contributed by atoms with E-state index in [2.05, 4.69) is 11.8 Å². The molecule has 3 saturated carbocycles. The van der Waals surface area contributed by atoms with E-state index in [4.69, 9.17) is 14.2 Å². The van der Waals surface area contributed by atoms with Crippen molar-refractivity contribution in [2.45, 2.75) is 103 Å². The molecule has 7 heteroatoms. The lowest BCUT2D eigenvalue weighted by Gasteiger charge is -2.35. The Morgan fingerprint density at radius 2 is 1.77 bits per heavy atom. The molecule has 3 aliphatic carbocycles. The van der Waals surface area contributed by atoms with Crippen LogP contribution in [0.25, 0.3) is 0 Å². The van der Waals surface area contributed by atoms with E-state index in [9.17, 15) is 14.4 Å². The number of carbonyl (C=O) groups is 3. The lowest BCUT2D eigenvalue weighted by Crippen LogP contribution is -2.47. The average molecular weight is 436 g/mol. The molecule has 1 aliphatic heterocycles. The quantitative estimate of drug-likeness (QED) is 0.428. The van der Waals surface area contributed by atoms with Crippen molar-refractivity contribution in [2.24, 2.45) is 23.7 Å². The number of fused-ring (bicyclic) bond motifs is 1. The third kappa shape index (κ3) is 3.87. The topological polar surface area (TPSA) is 82.1 Å². The van der Waals surface area contributed by atoms with Crippen LogP contribution < -0.4 is 0 Å². The molecule has 31 heavy (non-hydrogen) atoms.